The van der Waals surface area contributed by atoms with Gasteiger partial charge >= 0.3 is 0 Å². The molecule has 3 aromatic rings. The Morgan fingerprint density at radius 2 is 1.79 bits per heavy atom. The summed E-state index contributed by atoms with van der Waals surface area (Å²) in [6, 6.07) is 17.8. The Hall–Kier alpha value is -3.28. The number of carbonyl (C=O) groups excluding carboxylic acids is 2. The average molecular weight is 460 g/mol. The third-order valence-electron chi connectivity index (χ3n) is 7.50. The van der Waals surface area contributed by atoms with Crippen LogP contribution >= 0.6 is 0 Å². The molecule has 1 atom stereocenters. The van der Waals surface area contributed by atoms with Gasteiger partial charge in [-0.25, -0.2) is 0 Å². The summed E-state index contributed by atoms with van der Waals surface area (Å²) in [5.74, 6) is 0.542. The van der Waals surface area contributed by atoms with Crippen LogP contribution in [0.15, 0.2) is 54.6 Å². The maximum atomic E-state index is 13.9. The van der Waals surface area contributed by atoms with E-state index in [2.05, 4.69) is 5.32 Å². The van der Waals surface area contributed by atoms with Gasteiger partial charge in [0.25, 0.3) is 5.91 Å². The van der Waals surface area contributed by atoms with Crippen molar-refractivity contribution in [3.05, 3.63) is 65.9 Å². The molecule has 0 bridgehead atoms. The van der Waals surface area contributed by atoms with Gasteiger partial charge in [-0.15, -0.1) is 0 Å². The molecule has 6 nitrogen and oxygen atoms in total. The van der Waals surface area contributed by atoms with E-state index in [9.17, 15) is 9.59 Å². The van der Waals surface area contributed by atoms with Crippen LogP contribution in [0.1, 0.15) is 61.5 Å². The minimum atomic E-state index is -1.01. The highest BCUT2D eigenvalue weighted by atomic mass is 16.5. The van der Waals surface area contributed by atoms with Crippen LogP contribution in [0.3, 0.4) is 0 Å². The van der Waals surface area contributed by atoms with Gasteiger partial charge in [-0.1, -0.05) is 56.0 Å². The number of benzene rings is 2. The van der Waals surface area contributed by atoms with Crippen LogP contribution in [0.4, 0.5) is 0 Å². The van der Waals surface area contributed by atoms with E-state index in [1.165, 1.54) is 12.8 Å². The van der Waals surface area contributed by atoms with Crippen molar-refractivity contribution in [2.45, 2.75) is 70.1 Å². The lowest BCUT2D eigenvalue weighted by atomic mass is 9.93. The quantitative estimate of drug-likeness (QED) is 0.552. The second-order valence-electron chi connectivity index (χ2n) is 9.85. The van der Waals surface area contributed by atoms with Crippen LogP contribution in [-0.4, -0.2) is 40.0 Å². The van der Waals surface area contributed by atoms with Crippen LogP contribution in [0, 0.1) is 0 Å². The van der Waals surface area contributed by atoms with Crippen molar-refractivity contribution in [3.63, 3.8) is 0 Å². The molecule has 6 heteroatoms. The number of hydrogen-bond donors (Lipinski definition) is 1. The summed E-state index contributed by atoms with van der Waals surface area (Å²) in [6.07, 6.45) is 6.74. The number of rotatable bonds is 5. The normalized spacial score (nSPS) is 21.2. The van der Waals surface area contributed by atoms with Crippen LogP contribution in [-0.2, 0) is 17.9 Å². The Labute approximate surface area is 200 Å². The molecule has 34 heavy (non-hydrogen) atoms. The molecule has 0 unspecified atom stereocenters. The molecule has 0 radical (unpaired) electrons. The Balaban J connectivity index is 1.55. The first-order chi connectivity index (χ1) is 16.5. The van der Waals surface area contributed by atoms with Crippen LogP contribution < -0.4 is 10.1 Å². The van der Waals surface area contributed by atoms with Crippen molar-refractivity contribution >= 4 is 22.7 Å². The predicted octanol–water partition coefficient (Wildman–Crippen LogP) is 4.90. The van der Waals surface area contributed by atoms with Crippen LogP contribution in [0.2, 0.25) is 0 Å². The fourth-order valence-corrected chi connectivity index (χ4v) is 5.44. The van der Waals surface area contributed by atoms with Gasteiger partial charge in [-0.3, -0.25) is 9.59 Å². The molecular formula is C28H33N3O3. The third kappa shape index (κ3) is 4.06. The molecule has 1 aliphatic heterocycles. The van der Waals surface area contributed by atoms with Gasteiger partial charge in [0.15, 0.2) is 0 Å². The number of carbonyl (C=O) groups is 2. The molecule has 1 aliphatic carbocycles. The van der Waals surface area contributed by atoms with Crippen molar-refractivity contribution in [3.8, 4) is 5.75 Å². The van der Waals surface area contributed by atoms with E-state index in [1.54, 1.807) is 12.0 Å². The van der Waals surface area contributed by atoms with Crippen molar-refractivity contribution in [2.75, 3.05) is 7.11 Å². The molecule has 178 valence electrons. The fraction of sp³-hybridized carbons (Fsp3) is 0.429. The zero-order valence-corrected chi connectivity index (χ0v) is 20.0. The number of nitrogens with one attached hydrogen (secondary N) is 1. The number of fused-ring (bicyclic) bond motifs is 3. The highest BCUT2D eigenvalue weighted by Crippen LogP contribution is 2.35. The molecule has 1 saturated carbocycles. The van der Waals surface area contributed by atoms with Gasteiger partial charge in [0, 0.05) is 24.0 Å². The Kier molecular flexibility index (Phi) is 6.07. The van der Waals surface area contributed by atoms with E-state index in [4.69, 9.17) is 4.74 Å². The molecule has 0 spiro atoms. The number of aromatic nitrogens is 1. The van der Waals surface area contributed by atoms with E-state index >= 15 is 0 Å². The average Bonchev–Trinajstić information content (AvgIpc) is 3.01. The van der Waals surface area contributed by atoms with Crippen molar-refractivity contribution in [1.82, 2.24) is 14.8 Å². The standard InChI is InChI=1S/C28H33N3O3/c1-28(27(33)29-22-12-8-3-4-9-13-22)19-30-24-17-23(34-2)15-14-21(24)16-25(30)26(32)31(28)18-20-10-6-5-7-11-20/h5-7,10-11,14-17,22H,3-4,8-9,12-13,18-19H2,1-2H3,(H,29,33)/t28-/m1/s1. The zero-order valence-electron chi connectivity index (χ0n) is 20.0. The molecule has 1 aromatic heterocycles. The summed E-state index contributed by atoms with van der Waals surface area (Å²) >= 11 is 0. The Morgan fingerprint density at radius 3 is 2.50 bits per heavy atom. The molecule has 2 aliphatic rings. The van der Waals surface area contributed by atoms with Crippen LogP contribution in [0.25, 0.3) is 10.9 Å². The first-order valence-electron chi connectivity index (χ1n) is 12.3. The molecule has 5 rings (SSSR count). The number of nitrogens with zero attached hydrogens (tertiary/aromatic N) is 2. The molecule has 2 heterocycles. The lowest BCUT2D eigenvalue weighted by Crippen LogP contribution is -2.64. The van der Waals surface area contributed by atoms with Crippen molar-refractivity contribution < 1.29 is 14.3 Å². The molecule has 1 fully saturated rings. The Morgan fingerprint density at radius 1 is 1.06 bits per heavy atom. The van der Waals surface area contributed by atoms with Gasteiger partial charge in [0.2, 0.25) is 5.91 Å². The largest absolute Gasteiger partial charge is 0.497 e. The zero-order chi connectivity index (χ0) is 23.7. The first-order valence-corrected chi connectivity index (χ1v) is 12.3. The van der Waals surface area contributed by atoms with Gasteiger partial charge in [0.1, 0.15) is 17.0 Å². The van der Waals surface area contributed by atoms with E-state index in [-0.39, 0.29) is 17.9 Å². The summed E-state index contributed by atoms with van der Waals surface area (Å²) in [5, 5.41) is 4.30. The molecule has 1 N–H and O–H groups in total. The second kappa shape index (κ2) is 9.16. The van der Waals surface area contributed by atoms with E-state index in [0.29, 0.717) is 18.8 Å². The summed E-state index contributed by atoms with van der Waals surface area (Å²) < 4.78 is 7.43. The van der Waals surface area contributed by atoms with E-state index in [0.717, 1.165) is 47.9 Å². The van der Waals surface area contributed by atoms with Crippen molar-refractivity contribution in [2.24, 2.45) is 0 Å². The number of amides is 2. The summed E-state index contributed by atoms with van der Waals surface area (Å²) in [7, 11) is 1.64. The highest BCUT2D eigenvalue weighted by Gasteiger charge is 2.48. The smallest absolute Gasteiger partial charge is 0.271 e. The van der Waals surface area contributed by atoms with Gasteiger partial charge in [-0.2, -0.15) is 0 Å². The lowest BCUT2D eigenvalue weighted by Gasteiger charge is -2.44. The maximum absolute atomic E-state index is 13.9. The van der Waals surface area contributed by atoms with E-state index < -0.39 is 5.54 Å². The van der Waals surface area contributed by atoms with E-state index in [1.807, 2.05) is 66.1 Å². The van der Waals surface area contributed by atoms with Gasteiger partial charge in [-0.05, 0) is 43.5 Å². The summed E-state index contributed by atoms with van der Waals surface area (Å²) in [4.78, 5) is 29.6. The fourth-order valence-electron chi connectivity index (χ4n) is 5.44. The SMILES string of the molecule is COc1ccc2cc3n(c2c1)C[C@](C)(C(=O)NC1CCCCCC1)N(Cc1ccccc1)C3=O. The van der Waals surface area contributed by atoms with Crippen LogP contribution in [0.5, 0.6) is 5.75 Å². The molecular weight excluding hydrogens is 426 g/mol. The monoisotopic (exact) mass is 459 g/mol. The summed E-state index contributed by atoms with van der Waals surface area (Å²) in [6.45, 7) is 2.70. The van der Waals surface area contributed by atoms with Gasteiger partial charge in [0.05, 0.1) is 19.2 Å². The number of ether oxygens (including phenoxy) is 1. The summed E-state index contributed by atoms with van der Waals surface area (Å²) in [5.41, 5.74) is 1.52. The number of methoxy groups -OCH3 is 1. The predicted molar refractivity (Wildman–Crippen MR) is 133 cm³/mol. The topological polar surface area (TPSA) is 63.6 Å². The highest BCUT2D eigenvalue weighted by molar-refractivity contribution is 6.03. The van der Waals surface area contributed by atoms with Crippen molar-refractivity contribution in [1.29, 1.82) is 0 Å². The van der Waals surface area contributed by atoms with Gasteiger partial charge < -0.3 is 19.5 Å². The molecule has 2 aromatic carbocycles. The minimum absolute atomic E-state index is 0.0703. The first kappa shape index (κ1) is 22.5. The third-order valence-corrected chi connectivity index (χ3v) is 7.50. The second-order valence-corrected chi connectivity index (χ2v) is 9.85. The minimum Gasteiger partial charge on any atom is -0.497 e. The molecule has 2 amide bonds. The Bertz CT molecular complexity index is 1190. The lowest BCUT2D eigenvalue weighted by molar-refractivity contribution is -0.134. The number of hydrogen-bond acceptors (Lipinski definition) is 3. The maximum Gasteiger partial charge on any atom is 0.271 e. The molecule has 0 saturated heterocycles.